The number of esters is 2. The van der Waals surface area contributed by atoms with Crippen LogP contribution < -0.4 is 14.4 Å². The highest BCUT2D eigenvalue weighted by Gasteiger charge is 2.15. The van der Waals surface area contributed by atoms with Gasteiger partial charge in [-0.2, -0.15) is 0 Å². The number of rotatable bonds is 7. The van der Waals surface area contributed by atoms with Gasteiger partial charge in [-0.25, -0.2) is 23.7 Å². The Bertz CT molecular complexity index is 1840. The van der Waals surface area contributed by atoms with Gasteiger partial charge in [0.2, 0.25) is 0 Å². The largest absolute Gasteiger partial charge is 0.508 e. The number of hydrogen-bond donors (Lipinski definition) is 1. The van der Waals surface area contributed by atoms with Crippen LogP contribution in [0.5, 0.6) is 23.0 Å². The van der Waals surface area contributed by atoms with E-state index in [0.717, 1.165) is 10.8 Å². The summed E-state index contributed by atoms with van der Waals surface area (Å²) in [4.78, 5) is 46.1. The summed E-state index contributed by atoms with van der Waals surface area (Å²) in [6.07, 6.45) is 0.611. The number of hydrogen-bond acceptors (Lipinski definition) is 8. The molecule has 0 saturated carbocycles. The third-order valence-electron chi connectivity index (χ3n) is 6.09. The number of fused-ring (bicyclic) bond motifs is 2. The molecule has 0 aliphatic carbocycles. The lowest BCUT2D eigenvalue weighted by atomic mass is 10.1. The predicted molar refractivity (Wildman–Crippen MR) is 148 cm³/mol. The second-order valence-electron chi connectivity index (χ2n) is 8.95. The Balaban J connectivity index is 1.24. The Morgan fingerprint density at radius 2 is 1.27 bits per heavy atom. The Kier molecular flexibility index (Phi) is 7.60. The van der Waals surface area contributed by atoms with Crippen LogP contribution in [0.1, 0.15) is 26.3 Å². The molecule has 0 aromatic heterocycles. The summed E-state index contributed by atoms with van der Waals surface area (Å²) in [7, 11) is 0. The number of benzene rings is 5. The second-order valence-corrected chi connectivity index (χ2v) is 8.95. The molecule has 0 saturated heterocycles. The van der Waals surface area contributed by atoms with Gasteiger partial charge in [0.1, 0.15) is 17.2 Å². The Morgan fingerprint density at radius 1 is 0.683 bits per heavy atom. The number of aryl methyl sites for hydroxylation is 1. The van der Waals surface area contributed by atoms with Gasteiger partial charge in [-0.1, -0.05) is 24.3 Å². The molecule has 0 atom stereocenters. The second kappa shape index (κ2) is 11.6. The Labute approximate surface area is 232 Å². The molecular formula is C32H21FO8. The first kappa shape index (κ1) is 26.9. The van der Waals surface area contributed by atoms with Crippen molar-refractivity contribution in [3.63, 3.8) is 0 Å². The van der Waals surface area contributed by atoms with Gasteiger partial charge in [-0.15, -0.1) is 0 Å². The number of phenolic OH excluding ortho intramolecular Hbond substituents is 1. The maximum atomic E-state index is 12.8. The maximum absolute atomic E-state index is 12.8. The van der Waals surface area contributed by atoms with Crippen molar-refractivity contribution >= 4 is 39.5 Å². The summed E-state index contributed by atoms with van der Waals surface area (Å²) in [5.74, 6) is -1.20. The number of halogens is 1. The van der Waals surface area contributed by atoms with Crippen molar-refractivity contribution in [2.75, 3.05) is 0 Å². The van der Waals surface area contributed by atoms with Gasteiger partial charge in [-0.3, -0.25) is 4.89 Å². The van der Waals surface area contributed by atoms with Crippen LogP contribution in [-0.4, -0.2) is 23.0 Å². The minimum atomic E-state index is -1.00. The third kappa shape index (κ3) is 6.31. The maximum Gasteiger partial charge on any atom is 0.381 e. The van der Waals surface area contributed by atoms with E-state index in [0.29, 0.717) is 39.3 Å². The van der Waals surface area contributed by atoms with E-state index in [1.54, 1.807) is 85.8 Å². The normalized spacial score (nSPS) is 11.0. The minimum absolute atomic E-state index is 0.0407. The summed E-state index contributed by atoms with van der Waals surface area (Å²) >= 11 is 0. The number of aromatic hydroxyl groups is 1. The quantitative estimate of drug-likeness (QED) is 0.0775. The van der Waals surface area contributed by atoms with Crippen LogP contribution in [0.4, 0.5) is 4.39 Å². The fourth-order valence-corrected chi connectivity index (χ4v) is 4.06. The average Bonchev–Trinajstić information content (AvgIpc) is 2.97. The molecule has 41 heavy (non-hydrogen) atoms. The first-order chi connectivity index (χ1) is 19.8. The fourth-order valence-electron chi connectivity index (χ4n) is 4.06. The van der Waals surface area contributed by atoms with E-state index in [-0.39, 0.29) is 23.6 Å². The molecule has 9 heteroatoms. The lowest BCUT2D eigenvalue weighted by molar-refractivity contribution is -0.207. The van der Waals surface area contributed by atoms with Gasteiger partial charge in [0.05, 0.1) is 23.5 Å². The molecule has 5 rings (SSSR count). The van der Waals surface area contributed by atoms with Crippen LogP contribution in [0.2, 0.25) is 0 Å². The number of carbonyl (C=O) groups is 3. The summed E-state index contributed by atoms with van der Waals surface area (Å²) in [6, 6.07) is 24.2. The fraction of sp³-hybridized carbons (Fsp3) is 0.0312. The SMILES string of the molecule is Cc1cc(OC(=O)c2ccc3cc(OOC(=O)/C=C/F)ccc3c2)ccc1OC(=O)c1ccc2cc(O)ccc2c1. The molecule has 5 aromatic rings. The molecule has 8 nitrogen and oxygen atoms in total. The Morgan fingerprint density at radius 3 is 1.95 bits per heavy atom. The van der Waals surface area contributed by atoms with E-state index in [1.807, 2.05) is 0 Å². The third-order valence-corrected chi connectivity index (χ3v) is 6.09. The number of phenols is 1. The average molecular weight is 553 g/mol. The minimum Gasteiger partial charge on any atom is -0.508 e. The standard InChI is InChI=1S/C32H21FO8/c1-19-14-27(10-11-29(19)39-32(37)25-4-2-22-17-26(34)8-6-20(22)15-25)38-31(36)24-5-3-23-18-28(9-7-21(23)16-24)40-41-30(35)12-13-33/h2-18,34H,1H3/b13-12+. The Hall–Kier alpha value is -5.70. The van der Waals surface area contributed by atoms with Crippen molar-refractivity contribution in [1.29, 1.82) is 0 Å². The highest BCUT2D eigenvalue weighted by Crippen LogP contribution is 2.27. The predicted octanol–water partition coefficient (Wildman–Crippen LogP) is 6.77. The molecule has 0 aliphatic rings. The van der Waals surface area contributed by atoms with E-state index in [4.69, 9.17) is 14.4 Å². The first-order valence-corrected chi connectivity index (χ1v) is 12.3. The highest BCUT2D eigenvalue weighted by molar-refractivity contribution is 5.98. The molecule has 0 radical (unpaired) electrons. The zero-order valence-electron chi connectivity index (χ0n) is 21.5. The summed E-state index contributed by atoms with van der Waals surface area (Å²) in [5, 5.41) is 12.6. The van der Waals surface area contributed by atoms with Crippen LogP contribution in [0.15, 0.2) is 103 Å². The molecule has 0 unspecified atom stereocenters. The molecule has 0 aliphatic heterocycles. The van der Waals surface area contributed by atoms with E-state index in [2.05, 4.69) is 4.89 Å². The molecule has 0 amide bonds. The van der Waals surface area contributed by atoms with Crippen LogP contribution in [0.25, 0.3) is 21.5 Å². The molecule has 0 heterocycles. The van der Waals surface area contributed by atoms with Gasteiger partial charge in [0.15, 0.2) is 5.75 Å². The number of ether oxygens (including phenoxy) is 2. The monoisotopic (exact) mass is 552 g/mol. The molecule has 1 N–H and O–H groups in total. The van der Waals surface area contributed by atoms with Crippen LogP contribution in [-0.2, 0) is 9.68 Å². The topological polar surface area (TPSA) is 108 Å². The van der Waals surface area contributed by atoms with Crippen molar-refractivity contribution in [3.05, 3.63) is 120 Å². The smallest absolute Gasteiger partial charge is 0.381 e. The van der Waals surface area contributed by atoms with E-state index in [1.165, 1.54) is 12.1 Å². The van der Waals surface area contributed by atoms with Crippen LogP contribution in [0.3, 0.4) is 0 Å². The van der Waals surface area contributed by atoms with Crippen molar-refractivity contribution < 1.29 is 43.1 Å². The zero-order valence-corrected chi connectivity index (χ0v) is 21.5. The lowest BCUT2D eigenvalue weighted by Gasteiger charge is -2.11. The van der Waals surface area contributed by atoms with E-state index in [9.17, 15) is 23.9 Å². The first-order valence-electron chi connectivity index (χ1n) is 12.3. The molecule has 5 aromatic carbocycles. The lowest BCUT2D eigenvalue weighted by Crippen LogP contribution is -2.10. The molecular weight excluding hydrogens is 531 g/mol. The van der Waals surface area contributed by atoms with E-state index >= 15 is 0 Å². The summed E-state index contributed by atoms with van der Waals surface area (Å²) < 4.78 is 23.1. The van der Waals surface area contributed by atoms with Crippen molar-refractivity contribution in [2.45, 2.75) is 6.92 Å². The van der Waals surface area contributed by atoms with Gasteiger partial charge in [0.25, 0.3) is 0 Å². The molecule has 0 bridgehead atoms. The van der Waals surface area contributed by atoms with Gasteiger partial charge < -0.3 is 14.6 Å². The molecule has 0 fully saturated rings. The number of carbonyl (C=O) groups excluding carboxylic acids is 3. The zero-order chi connectivity index (χ0) is 28.9. The van der Waals surface area contributed by atoms with E-state index < -0.39 is 17.9 Å². The molecule has 204 valence electrons. The highest BCUT2D eigenvalue weighted by atomic mass is 19.1. The van der Waals surface area contributed by atoms with Crippen LogP contribution in [0, 0.1) is 6.92 Å². The van der Waals surface area contributed by atoms with Crippen LogP contribution >= 0.6 is 0 Å². The van der Waals surface area contributed by atoms with Crippen molar-refractivity contribution in [1.82, 2.24) is 0 Å². The van der Waals surface area contributed by atoms with Crippen molar-refractivity contribution in [2.24, 2.45) is 0 Å². The van der Waals surface area contributed by atoms with Gasteiger partial charge in [0, 0.05) is 0 Å². The summed E-state index contributed by atoms with van der Waals surface area (Å²) in [5.41, 5.74) is 1.23. The van der Waals surface area contributed by atoms with Crippen molar-refractivity contribution in [3.8, 4) is 23.0 Å². The summed E-state index contributed by atoms with van der Waals surface area (Å²) in [6.45, 7) is 1.73. The van der Waals surface area contributed by atoms with Gasteiger partial charge in [-0.05, 0) is 101 Å². The van der Waals surface area contributed by atoms with Gasteiger partial charge >= 0.3 is 17.9 Å². The molecule has 0 spiro atoms.